The highest BCUT2D eigenvalue weighted by molar-refractivity contribution is 7.89. The summed E-state index contributed by atoms with van der Waals surface area (Å²) < 4.78 is 65.5. The molecule has 2 aliphatic rings. The van der Waals surface area contributed by atoms with Crippen LogP contribution < -0.4 is 5.46 Å². The fraction of sp³-hybridized carbons (Fsp3) is 0.625. The zero-order valence-electron chi connectivity index (χ0n) is 14.8. The van der Waals surface area contributed by atoms with E-state index in [-0.39, 0.29) is 29.9 Å². The first-order chi connectivity index (χ1) is 11.4. The van der Waals surface area contributed by atoms with Crippen LogP contribution in [0.4, 0.5) is 8.78 Å². The van der Waals surface area contributed by atoms with Crippen molar-refractivity contribution in [2.45, 2.75) is 56.4 Å². The molecule has 2 aliphatic heterocycles. The monoisotopic (exact) mass is 373 g/mol. The molecule has 9 heteroatoms. The topological polar surface area (TPSA) is 55.8 Å². The van der Waals surface area contributed by atoms with Gasteiger partial charge < -0.3 is 9.31 Å². The van der Waals surface area contributed by atoms with Gasteiger partial charge in [0, 0.05) is 18.6 Å². The van der Waals surface area contributed by atoms with E-state index in [1.165, 1.54) is 12.1 Å². The number of benzene rings is 1. The largest absolute Gasteiger partial charge is 0.497 e. The zero-order chi connectivity index (χ0) is 18.6. The molecule has 1 atom stereocenters. The minimum atomic E-state index is -3.91. The van der Waals surface area contributed by atoms with Crippen molar-refractivity contribution in [3.63, 3.8) is 0 Å². The van der Waals surface area contributed by atoms with Gasteiger partial charge in [0.1, 0.15) is 12.0 Å². The Morgan fingerprint density at radius 1 is 1.20 bits per heavy atom. The second-order valence-corrected chi connectivity index (χ2v) is 9.46. The van der Waals surface area contributed by atoms with Gasteiger partial charge in [-0.2, -0.15) is 4.31 Å². The predicted molar refractivity (Wildman–Crippen MR) is 90.4 cm³/mol. The summed E-state index contributed by atoms with van der Waals surface area (Å²) in [5.41, 5.74) is -1.11. The molecule has 0 aromatic heterocycles. The molecule has 3 rings (SSSR count). The van der Waals surface area contributed by atoms with Crippen LogP contribution in [0.25, 0.3) is 0 Å². The maximum atomic E-state index is 14.6. The molecule has 2 heterocycles. The van der Waals surface area contributed by atoms with Gasteiger partial charge in [0.25, 0.3) is 0 Å². The number of rotatable bonds is 3. The fourth-order valence-electron chi connectivity index (χ4n) is 2.88. The van der Waals surface area contributed by atoms with Crippen molar-refractivity contribution in [2.24, 2.45) is 0 Å². The Labute approximate surface area is 147 Å². The average Bonchev–Trinajstić information content (AvgIpc) is 3.00. The molecule has 0 unspecified atom stereocenters. The molecule has 2 saturated heterocycles. The number of hydrogen-bond acceptors (Lipinski definition) is 4. The lowest BCUT2D eigenvalue weighted by molar-refractivity contribution is 0.00578. The molecule has 138 valence electrons. The van der Waals surface area contributed by atoms with Crippen LogP contribution in [0.3, 0.4) is 0 Å². The van der Waals surface area contributed by atoms with E-state index < -0.39 is 40.3 Å². The van der Waals surface area contributed by atoms with Crippen molar-refractivity contribution in [1.82, 2.24) is 4.31 Å². The molecule has 5 nitrogen and oxygen atoms in total. The first-order valence-electron chi connectivity index (χ1n) is 8.23. The SMILES string of the molecule is CC1(C)OB(c2ccc(S(=O)(=O)N3CC[C@H](F)C3)cc2F)OC1(C)C. The van der Waals surface area contributed by atoms with E-state index in [0.29, 0.717) is 0 Å². The Balaban J connectivity index is 1.87. The summed E-state index contributed by atoms with van der Waals surface area (Å²) in [6, 6.07) is 3.61. The highest BCUT2D eigenvalue weighted by Crippen LogP contribution is 2.36. The van der Waals surface area contributed by atoms with E-state index in [9.17, 15) is 17.2 Å². The predicted octanol–water partition coefficient (Wildman–Crippen LogP) is 1.86. The molecule has 2 fully saturated rings. The molecular weight excluding hydrogens is 351 g/mol. The van der Waals surface area contributed by atoms with Crippen LogP contribution in [0.1, 0.15) is 34.1 Å². The van der Waals surface area contributed by atoms with E-state index in [1.54, 1.807) is 0 Å². The number of halogens is 2. The van der Waals surface area contributed by atoms with Gasteiger partial charge in [-0.1, -0.05) is 6.07 Å². The third-order valence-corrected chi connectivity index (χ3v) is 7.07. The highest BCUT2D eigenvalue weighted by atomic mass is 32.2. The van der Waals surface area contributed by atoms with E-state index in [0.717, 1.165) is 10.4 Å². The Bertz CT molecular complexity index is 768. The van der Waals surface area contributed by atoms with Crippen LogP contribution in [-0.2, 0) is 19.3 Å². The molecule has 0 saturated carbocycles. The summed E-state index contributed by atoms with van der Waals surface area (Å²) in [6.07, 6.45) is -1.02. The summed E-state index contributed by atoms with van der Waals surface area (Å²) >= 11 is 0. The number of alkyl halides is 1. The maximum Gasteiger partial charge on any atom is 0.497 e. The van der Waals surface area contributed by atoms with Gasteiger partial charge >= 0.3 is 7.12 Å². The van der Waals surface area contributed by atoms with E-state index >= 15 is 0 Å². The van der Waals surface area contributed by atoms with Gasteiger partial charge in [-0.15, -0.1) is 0 Å². The standard InChI is InChI=1S/C16H22BF2NO4S/c1-15(2)16(3,4)24-17(23-15)13-6-5-12(9-14(13)19)25(21,22)20-8-7-11(18)10-20/h5-6,9,11H,7-8,10H2,1-4H3/t11-/m0/s1. The molecule has 0 radical (unpaired) electrons. The molecule has 0 N–H and O–H groups in total. The Morgan fingerprint density at radius 2 is 1.80 bits per heavy atom. The van der Waals surface area contributed by atoms with Crippen LogP contribution in [0.2, 0.25) is 0 Å². The van der Waals surface area contributed by atoms with Gasteiger partial charge in [-0.25, -0.2) is 17.2 Å². The smallest absolute Gasteiger partial charge is 0.399 e. The van der Waals surface area contributed by atoms with Gasteiger partial charge in [0.05, 0.1) is 16.1 Å². The first-order valence-corrected chi connectivity index (χ1v) is 9.67. The molecule has 25 heavy (non-hydrogen) atoms. The van der Waals surface area contributed by atoms with E-state index in [2.05, 4.69) is 0 Å². The lowest BCUT2D eigenvalue weighted by Crippen LogP contribution is -2.41. The summed E-state index contributed by atoms with van der Waals surface area (Å²) in [5, 5.41) is 0. The highest BCUT2D eigenvalue weighted by Gasteiger charge is 2.52. The van der Waals surface area contributed by atoms with Crippen molar-refractivity contribution in [2.75, 3.05) is 13.1 Å². The van der Waals surface area contributed by atoms with Gasteiger partial charge in [-0.3, -0.25) is 0 Å². The van der Waals surface area contributed by atoms with Gasteiger partial charge in [0.2, 0.25) is 10.0 Å². The summed E-state index contributed by atoms with van der Waals surface area (Å²) in [7, 11) is -4.82. The molecular formula is C16H22BF2NO4S. The minimum Gasteiger partial charge on any atom is -0.399 e. The molecule has 0 bridgehead atoms. The fourth-order valence-corrected chi connectivity index (χ4v) is 4.38. The van der Waals surface area contributed by atoms with Gasteiger partial charge in [0.15, 0.2) is 0 Å². The van der Waals surface area contributed by atoms with E-state index in [1.807, 2.05) is 27.7 Å². The lowest BCUT2D eigenvalue weighted by atomic mass is 9.79. The Morgan fingerprint density at radius 3 is 2.28 bits per heavy atom. The summed E-state index contributed by atoms with van der Waals surface area (Å²) in [6.45, 7) is 7.32. The molecule has 0 amide bonds. The summed E-state index contributed by atoms with van der Waals surface area (Å²) in [5.74, 6) is -0.726. The molecule has 1 aromatic carbocycles. The second kappa shape index (κ2) is 6.01. The minimum absolute atomic E-state index is 0.101. The maximum absolute atomic E-state index is 14.6. The Kier molecular flexibility index (Phi) is 4.51. The van der Waals surface area contributed by atoms with Crippen molar-refractivity contribution < 1.29 is 26.5 Å². The quantitative estimate of drug-likeness (QED) is 0.759. The molecule has 0 spiro atoms. The normalized spacial score (nSPS) is 26.3. The van der Waals surface area contributed by atoms with Crippen LogP contribution in [0.5, 0.6) is 0 Å². The van der Waals surface area contributed by atoms with Crippen LogP contribution in [0.15, 0.2) is 23.1 Å². The number of nitrogens with zero attached hydrogens (tertiary/aromatic N) is 1. The third kappa shape index (κ3) is 3.23. The van der Waals surface area contributed by atoms with Crippen molar-refractivity contribution >= 4 is 22.6 Å². The Hall–Kier alpha value is -1.03. The van der Waals surface area contributed by atoms with E-state index in [4.69, 9.17) is 9.31 Å². The lowest BCUT2D eigenvalue weighted by Gasteiger charge is -2.32. The molecule has 1 aromatic rings. The van der Waals surface area contributed by atoms with Crippen LogP contribution >= 0.6 is 0 Å². The first kappa shape index (κ1) is 18.8. The van der Waals surface area contributed by atoms with Crippen LogP contribution in [-0.4, -0.2) is 50.3 Å². The second-order valence-electron chi connectivity index (χ2n) is 7.52. The van der Waals surface area contributed by atoms with Crippen molar-refractivity contribution in [1.29, 1.82) is 0 Å². The number of hydrogen-bond donors (Lipinski definition) is 0. The van der Waals surface area contributed by atoms with Crippen LogP contribution in [0, 0.1) is 5.82 Å². The number of sulfonamides is 1. The van der Waals surface area contributed by atoms with Crippen molar-refractivity contribution in [3.8, 4) is 0 Å². The third-order valence-electron chi connectivity index (χ3n) is 5.21. The van der Waals surface area contributed by atoms with Crippen molar-refractivity contribution in [3.05, 3.63) is 24.0 Å². The van der Waals surface area contributed by atoms with Gasteiger partial charge in [-0.05, 0) is 46.2 Å². The zero-order valence-corrected chi connectivity index (χ0v) is 15.6. The molecule has 0 aliphatic carbocycles. The summed E-state index contributed by atoms with van der Waals surface area (Å²) in [4.78, 5) is -0.195. The average molecular weight is 373 g/mol.